The topological polar surface area (TPSA) is 50.5 Å². The van der Waals surface area contributed by atoms with Crippen molar-refractivity contribution in [3.05, 3.63) is 29.6 Å². The van der Waals surface area contributed by atoms with Crippen LogP contribution in [0, 0.1) is 5.21 Å². The smallest absolute Gasteiger partial charge is 0.252 e. The van der Waals surface area contributed by atoms with Gasteiger partial charge in [0, 0.05) is 38.3 Å². The van der Waals surface area contributed by atoms with Gasteiger partial charge in [0.15, 0.2) is 6.20 Å². The molecule has 110 valence electrons. The molecule has 1 atom stereocenters. The van der Waals surface area contributed by atoms with E-state index in [0.29, 0.717) is 5.03 Å². The number of likely N-dealkylation sites (N-methyl/N-ethyl adjacent to an activating group) is 1. The van der Waals surface area contributed by atoms with Crippen molar-refractivity contribution in [2.75, 3.05) is 32.7 Å². The molecule has 1 saturated heterocycles. The second-order valence-corrected chi connectivity index (χ2v) is 6.25. The molecule has 0 saturated carbocycles. The summed E-state index contributed by atoms with van der Waals surface area (Å²) < 4.78 is 0.809. The maximum Gasteiger partial charge on any atom is 0.252 e. The molecular weight excluding hydrogens is 274 g/mol. The molecule has 1 fully saturated rings. The van der Waals surface area contributed by atoms with Crippen LogP contribution in [0.1, 0.15) is 13.8 Å². The number of rotatable bonds is 4. The van der Waals surface area contributed by atoms with Crippen molar-refractivity contribution in [3.8, 4) is 0 Å². The zero-order valence-corrected chi connectivity index (χ0v) is 12.8. The molecule has 1 unspecified atom stereocenters. The van der Waals surface area contributed by atoms with Gasteiger partial charge in [-0.25, -0.2) is 0 Å². The molecule has 1 aliphatic rings. The Kier molecular flexibility index (Phi) is 5.25. The molecule has 2 heterocycles. The highest BCUT2D eigenvalue weighted by Crippen LogP contribution is 2.21. The van der Waals surface area contributed by atoms with Crippen LogP contribution in [-0.4, -0.2) is 53.7 Å². The van der Waals surface area contributed by atoms with Gasteiger partial charge in [-0.3, -0.25) is 4.79 Å². The van der Waals surface area contributed by atoms with E-state index in [2.05, 4.69) is 11.8 Å². The summed E-state index contributed by atoms with van der Waals surface area (Å²) in [6, 6.07) is 5.25. The molecule has 0 N–H and O–H groups in total. The van der Waals surface area contributed by atoms with Gasteiger partial charge in [-0.15, -0.1) is 0 Å². The van der Waals surface area contributed by atoms with Crippen LogP contribution in [0.2, 0.25) is 0 Å². The van der Waals surface area contributed by atoms with Crippen LogP contribution in [0.5, 0.6) is 0 Å². The molecule has 0 spiro atoms. The van der Waals surface area contributed by atoms with E-state index < -0.39 is 0 Å². The van der Waals surface area contributed by atoms with E-state index >= 15 is 0 Å². The van der Waals surface area contributed by atoms with Gasteiger partial charge in [-0.2, -0.15) is 4.73 Å². The number of amides is 1. The summed E-state index contributed by atoms with van der Waals surface area (Å²) in [7, 11) is 0. The van der Waals surface area contributed by atoms with Crippen LogP contribution in [-0.2, 0) is 4.79 Å². The van der Waals surface area contributed by atoms with E-state index in [1.165, 1.54) is 18.0 Å². The van der Waals surface area contributed by atoms with E-state index in [1.807, 2.05) is 17.9 Å². The predicted octanol–water partition coefficient (Wildman–Crippen LogP) is 0.965. The summed E-state index contributed by atoms with van der Waals surface area (Å²) in [5, 5.41) is 11.9. The number of carbonyl (C=O) groups is 1. The third-order valence-electron chi connectivity index (χ3n) is 3.57. The lowest BCUT2D eigenvalue weighted by atomic mass is 10.3. The van der Waals surface area contributed by atoms with Crippen LogP contribution in [0.15, 0.2) is 29.4 Å². The lowest BCUT2D eigenvalue weighted by Gasteiger charge is -2.35. The first-order chi connectivity index (χ1) is 9.61. The maximum atomic E-state index is 12.4. The summed E-state index contributed by atoms with van der Waals surface area (Å²) in [5.74, 6) is 0.120. The molecule has 5 nitrogen and oxygen atoms in total. The summed E-state index contributed by atoms with van der Waals surface area (Å²) in [5.41, 5.74) is 0. The van der Waals surface area contributed by atoms with Gasteiger partial charge in [-0.1, -0.05) is 6.92 Å². The fourth-order valence-corrected chi connectivity index (χ4v) is 3.21. The van der Waals surface area contributed by atoms with Crippen molar-refractivity contribution in [3.63, 3.8) is 0 Å². The van der Waals surface area contributed by atoms with Gasteiger partial charge in [0.1, 0.15) is 0 Å². The van der Waals surface area contributed by atoms with E-state index in [4.69, 9.17) is 0 Å². The zero-order chi connectivity index (χ0) is 14.5. The van der Waals surface area contributed by atoms with E-state index in [9.17, 15) is 10.0 Å². The molecule has 0 radical (unpaired) electrons. The number of carbonyl (C=O) groups excluding carboxylic acids is 1. The number of pyridine rings is 1. The van der Waals surface area contributed by atoms with Crippen molar-refractivity contribution >= 4 is 17.7 Å². The lowest BCUT2D eigenvalue weighted by molar-refractivity contribution is -0.645. The standard InChI is InChI=1S/C14H21N3O2S/c1-3-15-8-10-16(11-9-15)14(18)12(2)20-13-6-4-5-7-17(13)19/h4-7,12H,3,8-11H2,1-2H3. The first-order valence-electron chi connectivity index (χ1n) is 6.97. The molecule has 1 aromatic heterocycles. The van der Waals surface area contributed by atoms with E-state index in [0.717, 1.165) is 37.5 Å². The largest absolute Gasteiger partial charge is 0.618 e. The van der Waals surface area contributed by atoms with Crippen LogP contribution in [0.25, 0.3) is 0 Å². The van der Waals surface area contributed by atoms with Gasteiger partial charge in [0.05, 0.1) is 5.25 Å². The summed E-state index contributed by atoms with van der Waals surface area (Å²) in [6.07, 6.45) is 1.46. The van der Waals surface area contributed by atoms with Gasteiger partial charge in [0.2, 0.25) is 5.91 Å². The fourth-order valence-electron chi connectivity index (χ4n) is 2.28. The van der Waals surface area contributed by atoms with Crippen molar-refractivity contribution in [1.82, 2.24) is 9.80 Å². The second kappa shape index (κ2) is 6.95. The Bertz CT molecular complexity index is 461. The fraction of sp³-hybridized carbons (Fsp3) is 0.571. The third-order valence-corrected chi connectivity index (χ3v) is 4.68. The Morgan fingerprint density at radius 3 is 2.70 bits per heavy atom. The van der Waals surface area contributed by atoms with Gasteiger partial charge in [-0.05, 0) is 31.3 Å². The van der Waals surface area contributed by atoms with Crippen LogP contribution >= 0.6 is 11.8 Å². The van der Waals surface area contributed by atoms with Crippen molar-refractivity contribution in [2.24, 2.45) is 0 Å². The highest BCUT2D eigenvalue weighted by Gasteiger charge is 2.26. The summed E-state index contributed by atoms with van der Waals surface area (Å²) >= 11 is 1.32. The monoisotopic (exact) mass is 295 g/mol. The normalized spacial score (nSPS) is 18.0. The number of thioether (sulfide) groups is 1. The molecule has 1 aromatic rings. The SMILES string of the molecule is CCN1CCN(C(=O)C(C)Sc2cccc[n+]2[O-])CC1. The molecule has 2 rings (SSSR count). The number of aromatic nitrogens is 1. The predicted molar refractivity (Wildman–Crippen MR) is 79.4 cm³/mol. The first-order valence-corrected chi connectivity index (χ1v) is 7.85. The lowest BCUT2D eigenvalue weighted by Crippen LogP contribution is -2.50. The van der Waals surface area contributed by atoms with Gasteiger partial charge < -0.3 is 15.0 Å². The maximum absolute atomic E-state index is 12.4. The molecule has 0 aromatic carbocycles. The van der Waals surface area contributed by atoms with Crippen molar-refractivity contribution < 1.29 is 9.52 Å². The van der Waals surface area contributed by atoms with Gasteiger partial charge in [0.25, 0.3) is 5.03 Å². The highest BCUT2D eigenvalue weighted by molar-refractivity contribution is 8.00. The van der Waals surface area contributed by atoms with Crippen molar-refractivity contribution in [2.45, 2.75) is 24.1 Å². The Morgan fingerprint density at radius 1 is 1.40 bits per heavy atom. The Morgan fingerprint density at radius 2 is 2.10 bits per heavy atom. The molecule has 20 heavy (non-hydrogen) atoms. The molecular formula is C14H21N3O2S. The van der Waals surface area contributed by atoms with E-state index in [1.54, 1.807) is 12.1 Å². The van der Waals surface area contributed by atoms with Crippen LogP contribution in [0.4, 0.5) is 0 Å². The third kappa shape index (κ3) is 3.64. The number of hydrogen-bond acceptors (Lipinski definition) is 4. The minimum atomic E-state index is -0.231. The minimum Gasteiger partial charge on any atom is -0.618 e. The number of piperazine rings is 1. The molecule has 6 heteroatoms. The van der Waals surface area contributed by atoms with Gasteiger partial charge >= 0.3 is 0 Å². The van der Waals surface area contributed by atoms with Crippen LogP contribution < -0.4 is 4.73 Å². The molecule has 1 aliphatic heterocycles. The van der Waals surface area contributed by atoms with Crippen LogP contribution in [0.3, 0.4) is 0 Å². The number of nitrogens with zero attached hydrogens (tertiary/aromatic N) is 3. The summed E-state index contributed by atoms with van der Waals surface area (Å²) in [6.45, 7) is 8.48. The second-order valence-electron chi connectivity index (χ2n) is 4.88. The Balaban J connectivity index is 1.91. The average Bonchev–Trinajstić information content (AvgIpc) is 2.49. The zero-order valence-electron chi connectivity index (χ0n) is 12.0. The molecule has 0 aliphatic carbocycles. The minimum absolute atomic E-state index is 0.120. The molecule has 1 amide bonds. The Hall–Kier alpha value is -1.27. The van der Waals surface area contributed by atoms with Crippen molar-refractivity contribution in [1.29, 1.82) is 0 Å². The first kappa shape index (κ1) is 15.1. The number of hydrogen-bond donors (Lipinski definition) is 0. The summed E-state index contributed by atoms with van der Waals surface area (Å²) in [4.78, 5) is 16.6. The quantitative estimate of drug-likeness (QED) is 0.472. The van der Waals surface area contributed by atoms with E-state index in [-0.39, 0.29) is 11.2 Å². The Labute approximate surface area is 124 Å². The average molecular weight is 295 g/mol. The molecule has 0 bridgehead atoms. The highest BCUT2D eigenvalue weighted by atomic mass is 32.2.